The van der Waals surface area contributed by atoms with Gasteiger partial charge in [-0.05, 0) is 25.0 Å². The lowest BCUT2D eigenvalue weighted by atomic mass is 10.2. The summed E-state index contributed by atoms with van der Waals surface area (Å²) in [5.74, 6) is -1.43. The largest absolute Gasteiger partial charge is 0.480 e. The van der Waals surface area contributed by atoms with Crippen LogP contribution in [0.1, 0.15) is 30.1 Å². The third kappa shape index (κ3) is 3.33. The summed E-state index contributed by atoms with van der Waals surface area (Å²) >= 11 is 0. The molecule has 0 radical (unpaired) electrons. The van der Waals surface area contributed by atoms with Crippen molar-refractivity contribution >= 4 is 11.9 Å². The third-order valence-electron chi connectivity index (χ3n) is 3.51. The summed E-state index contributed by atoms with van der Waals surface area (Å²) in [6.07, 6.45) is 0.406. The zero-order chi connectivity index (χ0) is 16.4. The molecule has 2 heterocycles. The van der Waals surface area contributed by atoms with E-state index in [0.29, 0.717) is 18.5 Å². The van der Waals surface area contributed by atoms with Gasteiger partial charge in [0.15, 0.2) is 0 Å². The molecule has 2 aromatic rings. The molecular formula is C14H17N3O6. The topological polar surface area (TPSA) is 99.1 Å². The molecule has 0 amide bonds. The highest BCUT2D eigenvalue weighted by atomic mass is 17.0. The summed E-state index contributed by atoms with van der Waals surface area (Å²) in [7, 11) is 0. The number of esters is 1. The standard InChI is InChI=1S/C14H17N3O6/c1-10(21-14(20)11-6-3-2-4-7-11)22-17-16(23-17)15-9-5-8-12(15)13(18)19/h2-4,6-7,10,12H,5,8-9H2,1H3,(H,18,19)/t10?,12-,16?,17?/m0/s1. The van der Waals surface area contributed by atoms with E-state index in [1.807, 2.05) is 0 Å². The lowest BCUT2D eigenvalue weighted by Crippen LogP contribution is -2.43. The van der Waals surface area contributed by atoms with Gasteiger partial charge < -0.3 is 14.7 Å². The molecule has 9 heteroatoms. The van der Waals surface area contributed by atoms with Gasteiger partial charge in [-0.2, -0.15) is 4.63 Å². The number of carbonyl (C=O) groups is 2. The van der Waals surface area contributed by atoms with Crippen LogP contribution in [0.4, 0.5) is 0 Å². The summed E-state index contributed by atoms with van der Waals surface area (Å²) in [6.45, 7) is 2.09. The molecule has 0 saturated carbocycles. The predicted octanol–water partition coefficient (Wildman–Crippen LogP) is 0.699. The second-order valence-electron chi connectivity index (χ2n) is 5.18. The first-order valence-electron chi connectivity index (χ1n) is 7.26. The molecular weight excluding hydrogens is 306 g/mol. The predicted molar refractivity (Wildman–Crippen MR) is 76.3 cm³/mol. The summed E-state index contributed by atoms with van der Waals surface area (Å²) < 4.78 is 10.2. The molecule has 23 heavy (non-hydrogen) atoms. The quantitative estimate of drug-likeness (QED) is 0.617. The van der Waals surface area contributed by atoms with E-state index < -0.39 is 24.3 Å². The normalized spacial score (nSPS) is 18.8. The third-order valence-corrected chi connectivity index (χ3v) is 3.51. The maximum absolute atomic E-state index is 11.9. The van der Waals surface area contributed by atoms with E-state index >= 15 is 0 Å². The molecule has 1 fully saturated rings. The van der Waals surface area contributed by atoms with Crippen molar-refractivity contribution in [1.82, 2.24) is 9.98 Å². The number of hydrogen-bond donors (Lipinski definition) is 1. The van der Waals surface area contributed by atoms with Crippen molar-refractivity contribution in [3.8, 4) is 0 Å². The Bertz CT molecular complexity index is 673. The molecule has 3 rings (SSSR count). The van der Waals surface area contributed by atoms with Crippen LogP contribution in [0, 0.1) is 0 Å². The fraction of sp³-hybridized carbons (Fsp3) is 0.429. The van der Waals surface area contributed by atoms with Gasteiger partial charge in [0.2, 0.25) is 0 Å². The zero-order valence-electron chi connectivity index (χ0n) is 12.5. The molecule has 1 aliphatic heterocycles. The van der Waals surface area contributed by atoms with Crippen molar-refractivity contribution in [2.45, 2.75) is 32.1 Å². The minimum atomic E-state index is -0.915. The maximum Gasteiger partial charge on any atom is 0.341 e. The van der Waals surface area contributed by atoms with Crippen LogP contribution in [0.5, 0.6) is 0 Å². The summed E-state index contributed by atoms with van der Waals surface area (Å²) in [5.41, 5.74) is 0.414. The van der Waals surface area contributed by atoms with E-state index in [1.165, 1.54) is 9.97 Å². The van der Waals surface area contributed by atoms with Gasteiger partial charge in [0.05, 0.1) is 10.5 Å². The van der Waals surface area contributed by atoms with Crippen LogP contribution in [-0.2, 0) is 9.53 Å². The number of hydrogen-bond acceptors (Lipinski definition) is 6. The molecule has 0 spiro atoms. The Morgan fingerprint density at radius 3 is 2.78 bits per heavy atom. The lowest BCUT2D eigenvalue weighted by molar-refractivity contribution is -0.138. The lowest BCUT2D eigenvalue weighted by Gasteiger charge is -2.16. The van der Waals surface area contributed by atoms with Gasteiger partial charge in [-0.1, -0.05) is 18.2 Å². The van der Waals surface area contributed by atoms with Gasteiger partial charge in [-0.25, -0.2) is 14.6 Å². The number of aromatic nitrogens is 2. The first kappa shape index (κ1) is 15.1. The molecule has 1 unspecified atom stereocenters. The number of carbonyl (C=O) groups excluding carboxylic acids is 1. The van der Waals surface area contributed by atoms with Crippen LogP contribution in [0.15, 0.2) is 35.0 Å². The van der Waals surface area contributed by atoms with E-state index in [2.05, 4.69) is 0 Å². The van der Waals surface area contributed by atoms with Crippen molar-refractivity contribution in [2.24, 2.45) is 0 Å². The van der Waals surface area contributed by atoms with Crippen LogP contribution in [0.3, 0.4) is 0 Å². The van der Waals surface area contributed by atoms with Gasteiger partial charge in [0.25, 0.3) is 6.29 Å². The Morgan fingerprint density at radius 2 is 2.09 bits per heavy atom. The molecule has 124 valence electrons. The van der Waals surface area contributed by atoms with Crippen LogP contribution in [0.2, 0.25) is 0 Å². The van der Waals surface area contributed by atoms with Gasteiger partial charge in [0.1, 0.15) is 11.1 Å². The van der Waals surface area contributed by atoms with Crippen molar-refractivity contribution < 1.29 is 28.9 Å². The Morgan fingerprint density at radius 1 is 1.35 bits per heavy atom. The van der Waals surface area contributed by atoms with E-state index in [-0.39, 0.29) is 0 Å². The highest BCUT2D eigenvalue weighted by molar-refractivity contribution is 5.89. The number of carboxylic acid groups (broad SMARTS) is 1. The number of nitrogens with zero attached hydrogens (tertiary/aromatic N) is 3. The molecule has 1 aliphatic rings. The average Bonchev–Trinajstić information content (AvgIpc) is 3.10. The van der Waals surface area contributed by atoms with Crippen molar-refractivity contribution in [2.75, 3.05) is 11.6 Å². The van der Waals surface area contributed by atoms with Crippen LogP contribution in [0.25, 0.3) is 0 Å². The number of benzene rings is 1. The highest BCUT2D eigenvalue weighted by Gasteiger charge is 2.37. The molecule has 0 aliphatic carbocycles. The fourth-order valence-electron chi connectivity index (χ4n) is 2.40. The molecule has 1 N–H and O–H groups in total. The second-order valence-corrected chi connectivity index (χ2v) is 5.18. The number of carboxylic acids is 1. The first-order chi connectivity index (χ1) is 11.1. The minimum absolute atomic E-state index is 0.414. The monoisotopic (exact) mass is 323 g/mol. The van der Waals surface area contributed by atoms with E-state index in [4.69, 9.17) is 19.3 Å². The maximum atomic E-state index is 11.9. The second kappa shape index (κ2) is 6.11. The Balaban J connectivity index is 1.54. The fourth-order valence-corrected chi connectivity index (χ4v) is 2.40. The molecule has 0 bridgehead atoms. The summed E-state index contributed by atoms with van der Waals surface area (Å²) in [4.78, 5) is 29.5. The van der Waals surface area contributed by atoms with Crippen LogP contribution < -0.4 is 9.85 Å². The zero-order valence-corrected chi connectivity index (χ0v) is 12.5. The van der Waals surface area contributed by atoms with E-state index in [0.717, 1.165) is 11.4 Å². The van der Waals surface area contributed by atoms with Gasteiger partial charge in [-0.15, -0.1) is 0 Å². The molecule has 1 saturated heterocycles. The summed E-state index contributed by atoms with van der Waals surface area (Å²) in [6, 6.07) is 7.89. The molecule has 1 aromatic heterocycles. The average molecular weight is 323 g/mol. The highest BCUT2D eigenvalue weighted by Crippen LogP contribution is 2.18. The summed E-state index contributed by atoms with van der Waals surface area (Å²) in [5, 5.41) is 11.6. The minimum Gasteiger partial charge on any atom is -0.480 e. The van der Waals surface area contributed by atoms with Crippen molar-refractivity contribution in [3.63, 3.8) is 0 Å². The van der Waals surface area contributed by atoms with E-state index in [1.54, 1.807) is 37.3 Å². The number of rotatable bonds is 6. The van der Waals surface area contributed by atoms with Crippen LogP contribution >= 0.6 is 0 Å². The van der Waals surface area contributed by atoms with Gasteiger partial charge in [0, 0.05) is 13.5 Å². The first-order valence-corrected chi connectivity index (χ1v) is 7.26. The molecule has 1 aromatic carbocycles. The number of ether oxygens (including phenoxy) is 1. The molecule has 2 atom stereocenters. The Kier molecular flexibility index (Phi) is 4.00. The van der Waals surface area contributed by atoms with Gasteiger partial charge >= 0.3 is 11.9 Å². The van der Waals surface area contributed by atoms with Crippen LogP contribution in [-0.4, -0.2) is 45.9 Å². The van der Waals surface area contributed by atoms with Crippen molar-refractivity contribution in [3.05, 3.63) is 35.9 Å². The SMILES string of the molecule is CC(OC(=O)c1ccccc1)On1on1N1CCC[C@H]1C(=O)O. The molecule has 9 nitrogen and oxygen atoms in total. The Hall–Kier alpha value is -2.84. The van der Waals surface area contributed by atoms with Gasteiger partial charge in [-0.3, -0.25) is 0 Å². The van der Waals surface area contributed by atoms with Crippen molar-refractivity contribution in [1.29, 1.82) is 0 Å². The van der Waals surface area contributed by atoms with E-state index in [9.17, 15) is 9.59 Å². The Labute approximate surface area is 131 Å². The smallest absolute Gasteiger partial charge is 0.341 e. The number of aliphatic carboxylic acids is 1.